The molecule has 1 aromatic carbocycles. The van der Waals surface area contributed by atoms with Crippen LogP contribution in [0, 0.1) is 16.7 Å². The number of nitriles is 1. The normalized spacial score (nSPS) is 16.6. The molecule has 0 spiro atoms. The van der Waals surface area contributed by atoms with Crippen LogP contribution >= 0.6 is 0 Å². The summed E-state index contributed by atoms with van der Waals surface area (Å²) < 4.78 is 4.68. The molecule has 0 saturated heterocycles. The zero-order valence-corrected chi connectivity index (χ0v) is 11.5. The van der Waals surface area contributed by atoms with E-state index >= 15 is 0 Å². The first kappa shape index (κ1) is 14.1. The first-order valence-electron chi connectivity index (χ1n) is 6.43. The number of hydrogen-bond acceptors (Lipinski definition) is 4. The van der Waals surface area contributed by atoms with Gasteiger partial charge in [-0.15, -0.1) is 0 Å². The lowest BCUT2D eigenvalue weighted by atomic mass is 10.0. The van der Waals surface area contributed by atoms with Gasteiger partial charge < -0.3 is 10.1 Å². The number of amides is 1. The molecular formula is C15H16N2O3. The number of rotatable bonds is 4. The maximum absolute atomic E-state index is 12.2. The Hall–Kier alpha value is -2.35. The number of ether oxygens (including phenoxy) is 1. The molecule has 1 N–H and O–H groups in total. The van der Waals surface area contributed by atoms with E-state index in [-0.39, 0.29) is 11.9 Å². The van der Waals surface area contributed by atoms with Crippen LogP contribution in [0.5, 0.6) is 0 Å². The van der Waals surface area contributed by atoms with Crippen LogP contribution in [0.3, 0.4) is 0 Å². The van der Waals surface area contributed by atoms with Gasteiger partial charge in [0.1, 0.15) is 5.41 Å². The summed E-state index contributed by atoms with van der Waals surface area (Å²) in [6.45, 7) is 1.84. The first-order chi connectivity index (χ1) is 9.53. The highest BCUT2D eigenvalue weighted by Gasteiger charge is 2.57. The van der Waals surface area contributed by atoms with E-state index < -0.39 is 11.4 Å². The SMILES string of the molecule is COC(=O)C1(C(=O)N[C@H](C)c2ccc(C#N)cc2)CC1. The van der Waals surface area contributed by atoms with Gasteiger partial charge in [-0.05, 0) is 37.5 Å². The number of nitrogens with one attached hydrogen (secondary N) is 1. The van der Waals surface area contributed by atoms with Gasteiger partial charge in [0.2, 0.25) is 5.91 Å². The lowest BCUT2D eigenvalue weighted by molar-refractivity contribution is -0.152. The summed E-state index contributed by atoms with van der Waals surface area (Å²) in [5, 5.41) is 11.6. The smallest absolute Gasteiger partial charge is 0.321 e. The molecule has 104 valence electrons. The molecule has 1 saturated carbocycles. The van der Waals surface area contributed by atoms with Crippen molar-refractivity contribution >= 4 is 11.9 Å². The fraction of sp³-hybridized carbons (Fsp3) is 0.400. The van der Waals surface area contributed by atoms with Gasteiger partial charge in [-0.3, -0.25) is 9.59 Å². The van der Waals surface area contributed by atoms with Crippen molar-refractivity contribution in [3.05, 3.63) is 35.4 Å². The van der Waals surface area contributed by atoms with Crippen LogP contribution in [0.25, 0.3) is 0 Å². The topological polar surface area (TPSA) is 79.2 Å². The van der Waals surface area contributed by atoms with Crippen LogP contribution < -0.4 is 5.32 Å². The average Bonchev–Trinajstić information content (AvgIpc) is 3.28. The van der Waals surface area contributed by atoms with Crippen LogP contribution in [-0.4, -0.2) is 19.0 Å². The molecule has 1 aliphatic rings. The molecule has 20 heavy (non-hydrogen) atoms. The molecule has 1 aromatic rings. The summed E-state index contributed by atoms with van der Waals surface area (Å²) in [5.74, 6) is -0.761. The van der Waals surface area contributed by atoms with Gasteiger partial charge in [0.05, 0.1) is 24.8 Å². The third kappa shape index (κ3) is 2.50. The van der Waals surface area contributed by atoms with Crippen molar-refractivity contribution in [3.8, 4) is 6.07 Å². The van der Waals surface area contributed by atoms with E-state index in [1.807, 2.05) is 13.0 Å². The molecular weight excluding hydrogens is 256 g/mol. The van der Waals surface area contributed by atoms with Crippen molar-refractivity contribution < 1.29 is 14.3 Å². The van der Waals surface area contributed by atoms with Crippen LogP contribution in [-0.2, 0) is 14.3 Å². The van der Waals surface area contributed by atoms with Crippen LogP contribution in [0.1, 0.15) is 36.9 Å². The second-order valence-corrected chi connectivity index (χ2v) is 5.00. The highest BCUT2D eigenvalue weighted by Crippen LogP contribution is 2.47. The number of methoxy groups -OCH3 is 1. The van der Waals surface area contributed by atoms with Gasteiger partial charge >= 0.3 is 5.97 Å². The maximum Gasteiger partial charge on any atom is 0.321 e. The van der Waals surface area contributed by atoms with Gasteiger partial charge in [0, 0.05) is 0 Å². The molecule has 0 aromatic heterocycles. The molecule has 0 heterocycles. The number of nitrogens with zero attached hydrogens (tertiary/aromatic N) is 1. The minimum atomic E-state index is -0.990. The zero-order valence-electron chi connectivity index (χ0n) is 11.5. The molecule has 1 fully saturated rings. The predicted molar refractivity (Wildman–Crippen MR) is 71.4 cm³/mol. The number of benzene rings is 1. The molecule has 5 nitrogen and oxygen atoms in total. The van der Waals surface area contributed by atoms with E-state index in [2.05, 4.69) is 10.1 Å². The van der Waals surface area contributed by atoms with Gasteiger partial charge in [0.25, 0.3) is 0 Å². The number of hydrogen-bond donors (Lipinski definition) is 1. The molecule has 0 unspecified atom stereocenters. The first-order valence-corrected chi connectivity index (χ1v) is 6.43. The minimum Gasteiger partial charge on any atom is -0.468 e. The van der Waals surface area contributed by atoms with Crippen molar-refractivity contribution in [2.45, 2.75) is 25.8 Å². The second-order valence-electron chi connectivity index (χ2n) is 5.00. The summed E-state index contributed by atoms with van der Waals surface area (Å²) in [6, 6.07) is 8.80. The summed E-state index contributed by atoms with van der Waals surface area (Å²) >= 11 is 0. The Balaban J connectivity index is 2.04. The summed E-state index contributed by atoms with van der Waals surface area (Å²) in [5.41, 5.74) is 0.466. The highest BCUT2D eigenvalue weighted by atomic mass is 16.5. The maximum atomic E-state index is 12.2. The molecule has 0 bridgehead atoms. The third-order valence-electron chi connectivity index (χ3n) is 3.65. The third-order valence-corrected chi connectivity index (χ3v) is 3.65. The van der Waals surface area contributed by atoms with E-state index in [1.165, 1.54) is 7.11 Å². The van der Waals surface area contributed by atoms with E-state index in [0.717, 1.165) is 5.56 Å². The van der Waals surface area contributed by atoms with Gasteiger partial charge in [-0.25, -0.2) is 0 Å². The standard InChI is InChI=1S/C15H16N2O3/c1-10(12-5-3-11(9-16)4-6-12)17-13(18)15(7-8-15)14(19)20-2/h3-6,10H,7-8H2,1-2H3,(H,17,18)/t10-/m1/s1. The fourth-order valence-electron chi connectivity index (χ4n) is 2.11. The van der Waals surface area contributed by atoms with Crippen LogP contribution in [0.4, 0.5) is 0 Å². The largest absolute Gasteiger partial charge is 0.468 e. The fourth-order valence-corrected chi connectivity index (χ4v) is 2.11. The molecule has 2 rings (SSSR count). The molecule has 1 amide bonds. The van der Waals surface area contributed by atoms with Crippen LogP contribution in [0.15, 0.2) is 24.3 Å². The van der Waals surface area contributed by atoms with Crippen molar-refractivity contribution in [2.75, 3.05) is 7.11 Å². The lowest BCUT2D eigenvalue weighted by Gasteiger charge is -2.18. The van der Waals surface area contributed by atoms with Gasteiger partial charge in [-0.2, -0.15) is 5.26 Å². The number of carbonyl (C=O) groups excluding carboxylic acids is 2. The van der Waals surface area contributed by atoms with E-state index in [1.54, 1.807) is 24.3 Å². The Morgan fingerprint density at radius 1 is 1.35 bits per heavy atom. The highest BCUT2D eigenvalue weighted by molar-refractivity contribution is 6.05. The quantitative estimate of drug-likeness (QED) is 0.668. The van der Waals surface area contributed by atoms with E-state index in [4.69, 9.17) is 5.26 Å². The number of carbonyl (C=O) groups is 2. The molecule has 0 radical (unpaired) electrons. The van der Waals surface area contributed by atoms with E-state index in [9.17, 15) is 9.59 Å². The van der Waals surface area contributed by atoms with Gasteiger partial charge in [0.15, 0.2) is 0 Å². The minimum absolute atomic E-state index is 0.225. The molecule has 1 atom stereocenters. The Morgan fingerprint density at radius 2 is 1.95 bits per heavy atom. The predicted octanol–water partition coefficient (Wildman–Crippen LogP) is 1.69. The van der Waals surface area contributed by atoms with Crippen molar-refractivity contribution in [2.24, 2.45) is 5.41 Å². The molecule has 1 aliphatic carbocycles. The Bertz CT molecular complexity index is 568. The van der Waals surface area contributed by atoms with Crippen LogP contribution in [0.2, 0.25) is 0 Å². The zero-order chi connectivity index (χ0) is 14.8. The van der Waals surface area contributed by atoms with Gasteiger partial charge in [-0.1, -0.05) is 12.1 Å². The lowest BCUT2D eigenvalue weighted by Crippen LogP contribution is -2.38. The van der Waals surface area contributed by atoms with Crippen molar-refractivity contribution in [1.82, 2.24) is 5.32 Å². The average molecular weight is 272 g/mol. The Morgan fingerprint density at radius 3 is 2.40 bits per heavy atom. The van der Waals surface area contributed by atoms with Crippen molar-refractivity contribution in [3.63, 3.8) is 0 Å². The second kappa shape index (κ2) is 5.33. The summed E-state index contributed by atoms with van der Waals surface area (Å²) in [6.07, 6.45) is 1.07. The summed E-state index contributed by atoms with van der Waals surface area (Å²) in [4.78, 5) is 23.8. The van der Waals surface area contributed by atoms with E-state index in [0.29, 0.717) is 18.4 Å². The molecule has 5 heteroatoms. The van der Waals surface area contributed by atoms with Crippen molar-refractivity contribution in [1.29, 1.82) is 5.26 Å². The Kier molecular flexibility index (Phi) is 3.75. The number of esters is 1. The molecule has 0 aliphatic heterocycles. The summed E-state index contributed by atoms with van der Waals surface area (Å²) in [7, 11) is 1.29. The monoisotopic (exact) mass is 272 g/mol. The Labute approximate surface area is 117 Å².